The van der Waals surface area contributed by atoms with Crippen LogP contribution in [0.5, 0.6) is 0 Å². The smallest absolute Gasteiger partial charge is 0.151 e. The summed E-state index contributed by atoms with van der Waals surface area (Å²) in [6.07, 6.45) is 1.68. The molecule has 0 saturated heterocycles. The summed E-state index contributed by atoms with van der Waals surface area (Å²) in [6.45, 7) is 5.47. The largest absolute Gasteiger partial charge is 0.299 e. The van der Waals surface area contributed by atoms with Crippen molar-refractivity contribution in [1.29, 1.82) is 0 Å². The third kappa shape index (κ3) is 2.98. The molecule has 1 aliphatic carbocycles. The van der Waals surface area contributed by atoms with E-state index in [1.807, 2.05) is 0 Å². The first-order valence-electron chi connectivity index (χ1n) is 5.47. The average molecular weight is 210 g/mol. The lowest BCUT2D eigenvalue weighted by atomic mass is 9.75. The monoisotopic (exact) mass is 210 g/mol. The van der Waals surface area contributed by atoms with E-state index in [1.54, 1.807) is 0 Å². The molecule has 0 aromatic heterocycles. The summed E-state index contributed by atoms with van der Waals surface area (Å²) in [6, 6.07) is 0. The maximum Gasteiger partial charge on any atom is 0.151 e. The van der Waals surface area contributed by atoms with Crippen molar-refractivity contribution < 1.29 is 14.4 Å². The zero-order valence-electron chi connectivity index (χ0n) is 9.58. The van der Waals surface area contributed by atoms with E-state index in [4.69, 9.17) is 0 Å². The van der Waals surface area contributed by atoms with Crippen LogP contribution in [-0.2, 0) is 14.4 Å². The molecule has 1 saturated carbocycles. The van der Waals surface area contributed by atoms with Crippen LogP contribution in [0.25, 0.3) is 0 Å². The minimum absolute atomic E-state index is 0.153. The minimum Gasteiger partial charge on any atom is -0.299 e. The number of hydrogen-bond acceptors (Lipinski definition) is 3. The summed E-state index contributed by atoms with van der Waals surface area (Å²) in [7, 11) is 0. The molecule has 15 heavy (non-hydrogen) atoms. The molecule has 0 N–H and O–H groups in total. The van der Waals surface area contributed by atoms with Crippen molar-refractivity contribution in [2.24, 2.45) is 17.8 Å². The molecule has 84 valence electrons. The van der Waals surface area contributed by atoms with Crippen LogP contribution < -0.4 is 0 Å². The van der Waals surface area contributed by atoms with Gasteiger partial charge in [-0.1, -0.05) is 13.8 Å². The quantitative estimate of drug-likeness (QED) is 0.667. The van der Waals surface area contributed by atoms with Gasteiger partial charge in [0.1, 0.15) is 11.7 Å². The van der Waals surface area contributed by atoms with Crippen LogP contribution in [0.1, 0.15) is 40.0 Å². The number of carbonyl (C=O) groups is 3. The molecule has 0 amide bonds. The van der Waals surface area contributed by atoms with E-state index in [2.05, 4.69) is 13.8 Å². The molecular weight excluding hydrogens is 192 g/mol. The van der Waals surface area contributed by atoms with Crippen molar-refractivity contribution in [3.05, 3.63) is 0 Å². The molecule has 0 aromatic rings. The Labute approximate surface area is 90.2 Å². The molecule has 0 spiro atoms. The molecule has 0 radical (unpaired) electrons. The van der Waals surface area contributed by atoms with Crippen LogP contribution in [0.15, 0.2) is 0 Å². The zero-order chi connectivity index (χ0) is 11.6. The summed E-state index contributed by atoms with van der Waals surface area (Å²) in [5.74, 6) is -0.958. The van der Waals surface area contributed by atoms with Gasteiger partial charge in [0.25, 0.3) is 0 Å². The highest BCUT2D eigenvalue weighted by atomic mass is 16.2. The molecule has 0 unspecified atom stereocenters. The summed E-state index contributed by atoms with van der Waals surface area (Å²) in [4.78, 5) is 34.3. The van der Waals surface area contributed by atoms with E-state index < -0.39 is 5.92 Å². The van der Waals surface area contributed by atoms with Crippen LogP contribution in [-0.4, -0.2) is 17.3 Å². The first-order chi connectivity index (χ1) is 6.91. The van der Waals surface area contributed by atoms with Crippen molar-refractivity contribution in [3.63, 3.8) is 0 Å². The number of ketones is 3. The van der Waals surface area contributed by atoms with Crippen molar-refractivity contribution in [1.82, 2.24) is 0 Å². The van der Waals surface area contributed by atoms with E-state index in [9.17, 15) is 14.4 Å². The molecule has 0 aromatic carbocycles. The van der Waals surface area contributed by atoms with Crippen molar-refractivity contribution in [2.45, 2.75) is 40.0 Å². The number of Topliss-reactive ketones (excluding diaryl/α,β-unsaturated/α-hetero) is 3. The lowest BCUT2D eigenvalue weighted by Gasteiger charge is -2.25. The second-order valence-corrected chi connectivity index (χ2v) is 4.88. The van der Waals surface area contributed by atoms with Gasteiger partial charge in [-0.3, -0.25) is 14.4 Å². The van der Waals surface area contributed by atoms with Crippen molar-refractivity contribution in [3.8, 4) is 0 Å². The normalized spacial score (nSPS) is 27.2. The van der Waals surface area contributed by atoms with Gasteiger partial charge in [0.2, 0.25) is 0 Å². The SMILES string of the molecule is CC(=O)C1C(=O)CC(CC(C)C)CC1=O. The molecule has 3 nitrogen and oxygen atoms in total. The summed E-state index contributed by atoms with van der Waals surface area (Å²) in [5, 5.41) is 0. The zero-order valence-corrected chi connectivity index (χ0v) is 9.58. The maximum absolute atomic E-state index is 11.6. The van der Waals surface area contributed by atoms with Crippen LogP contribution in [0, 0.1) is 17.8 Å². The molecule has 1 aliphatic rings. The average Bonchev–Trinajstić information content (AvgIpc) is 1.99. The Hall–Kier alpha value is -0.990. The second kappa shape index (κ2) is 4.69. The maximum atomic E-state index is 11.6. The molecule has 3 heteroatoms. The van der Waals surface area contributed by atoms with Crippen LogP contribution >= 0.6 is 0 Å². The third-order valence-electron chi connectivity index (χ3n) is 2.83. The van der Waals surface area contributed by atoms with Gasteiger partial charge in [-0.15, -0.1) is 0 Å². The molecule has 0 atom stereocenters. The minimum atomic E-state index is -0.951. The lowest BCUT2D eigenvalue weighted by Crippen LogP contribution is -2.37. The Kier molecular flexibility index (Phi) is 3.77. The summed E-state index contributed by atoms with van der Waals surface area (Å²) in [5.41, 5.74) is 0. The van der Waals surface area contributed by atoms with Crippen molar-refractivity contribution >= 4 is 17.3 Å². The fraction of sp³-hybridized carbons (Fsp3) is 0.750. The number of rotatable bonds is 3. The Morgan fingerprint density at radius 3 is 2.07 bits per heavy atom. The highest BCUT2D eigenvalue weighted by Crippen LogP contribution is 2.28. The third-order valence-corrected chi connectivity index (χ3v) is 2.83. The highest BCUT2D eigenvalue weighted by molar-refractivity contribution is 6.20. The standard InChI is InChI=1S/C12H18O3/c1-7(2)4-9-5-10(14)12(8(3)13)11(15)6-9/h7,9,12H,4-6H2,1-3H3. The van der Waals surface area contributed by atoms with Crippen LogP contribution in [0.3, 0.4) is 0 Å². The van der Waals surface area contributed by atoms with Crippen LogP contribution in [0.4, 0.5) is 0 Å². The van der Waals surface area contributed by atoms with E-state index in [0.717, 1.165) is 6.42 Å². The highest BCUT2D eigenvalue weighted by Gasteiger charge is 2.38. The van der Waals surface area contributed by atoms with Gasteiger partial charge < -0.3 is 0 Å². The van der Waals surface area contributed by atoms with Gasteiger partial charge in [-0.2, -0.15) is 0 Å². The predicted octanol–water partition coefficient (Wildman–Crippen LogP) is 1.79. The Bertz CT molecular complexity index is 273. The Morgan fingerprint density at radius 1 is 1.27 bits per heavy atom. The van der Waals surface area contributed by atoms with Gasteiger partial charge in [-0.25, -0.2) is 0 Å². The van der Waals surface area contributed by atoms with Gasteiger partial charge in [0.05, 0.1) is 0 Å². The fourth-order valence-electron chi connectivity index (χ4n) is 2.34. The van der Waals surface area contributed by atoms with E-state index >= 15 is 0 Å². The predicted molar refractivity (Wildman–Crippen MR) is 56.4 cm³/mol. The Morgan fingerprint density at radius 2 is 1.73 bits per heavy atom. The topological polar surface area (TPSA) is 51.2 Å². The molecular formula is C12H18O3. The molecule has 0 bridgehead atoms. The fourth-order valence-corrected chi connectivity index (χ4v) is 2.34. The van der Waals surface area contributed by atoms with Crippen molar-refractivity contribution in [2.75, 3.05) is 0 Å². The molecule has 1 rings (SSSR count). The second-order valence-electron chi connectivity index (χ2n) is 4.88. The lowest BCUT2D eigenvalue weighted by molar-refractivity contribution is -0.142. The Balaban J connectivity index is 2.67. The summed E-state index contributed by atoms with van der Waals surface area (Å²) < 4.78 is 0. The van der Waals surface area contributed by atoms with Gasteiger partial charge in [0, 0.05) is 12.8 Å². The molecule has 1 fully saturated rings. The van der Waals surface area contributed by atoms with Gasteiger partial charge in [-0.05, 0) is 25.2 Å². The van der Waals surface area contributed by atoms with Gasteiger partial charge >= 0.3 is 0 Å². The van der Waals surface area contributed by atoms with E-state index in [-0.39, 0.29) is 23.3 Å². The van der Waals surface area contributed by atoms with Crippen LogP contribution in [0.2, 0.25) is 0 Å². The number of hydrogen-bond donors (Lipinski definition) is 0. The van der Waals surface area contributed by atoms with E-state index in [0.29, 0.717) is 18.8 Å². The first kappa shape index (κ1) is 12.1. The van der Waals surface area contributed by atoms with Gasteiger partial charge in [0.15, 0.2) is 11.6 Å². The molecule has 0 heterocycles. The molecule has 0 aliphatic heterocycles. The number of carbonyl (C=O) groups excluding carboxylic acids is 3. The van der Waals surface area contributed by atoms with E-state index in [1.165, 1.54) is 6.92 Å². The first-order valence-corrected chi connectivity index (χ1v) is 5.47. The summed E-state index contributed by atoms with van der Waals surface area (Å²) >= 11 is 0.